The van der Waals surface area contributed by atoms with Crippen molar-refractivity contribution in [3.8, 4) is 0 Å². The molecule has 31 heteroatoms. The number of nitrogens with zero attached hydrogens (tertiary/aromatic N) is 3. The van der Waals surface area contributed by atoms with Crippen molar-refractivity contribution in [3.05, 3.63) is 10.4 Å². The Morgan fingerprint density at radius 2 is 1.26 bits per heavy atom. The number of primary amides is 2. The first-order valence-electron chi connectivity index (χ1n) is 24.2. The lowest BCUT2D eigenvalue weighted by Crippen LogP contribution is -2.70. The highest BCUT2D eigenvalue weighted by Gasteiger charge is 2.57. The quantitative estimate of drug-likeness (QED) is 0.0117. The fraction of sp³-hybridized carbons (Fsp3) is 0.881. The Balaban J connectivity index is 1.78. The minimum atomic E-state index is -5.59. The van der Waals surface area contributed by atoms with Gasteiger partial charge < -0.3 is 95.9 Å². The lowest BCUT2D eigenvalue weighted by atomic mass is 9.94. The largest absolute Gasteiger partial charge is 0.479 e. The summed E-state index contributed by atoms with van der Waals surface area (Å²) in [6.45, 7) is -0.807. The standard InChI is InChI=1S/C42H74N7O23P/c1-3-4-5-6-7-8-9-10-11-12-13-14-15-16-17-64-25(38(59)60)21-65-73(62,63)72-41-36(34(71-42(44)61)32(57)35(69-41)37(43)58)70-40-28(47-22(2)52)31(56)33(24(20-51)67-40)68-39-27(48-26(53)18-46-49-45)30(55)29(54)23(19-50)66-39/h23-25,27-36,39-41,50-51,54-57H,3-21H2,1-2H3,(H2,43,58)(H2,44,61)(H,47,52)(H,48,53)(H,59,60)(H,62,63)/t23?,24?,25-,27+,28?,29+,30?,31?,32-,33-,34+,35?,36?,39+,40+,41-/m1/s1. The number of rotatable bonds is 34. The molecule has 0 spiro atoms. The van der Waals surface area contributed by atoms with Gasteiger partial charge in [0.05, 0.1) is 19.8 Å². The van der Waals surface area contributed by atoms with E-state index in [1.165, 1.54) is 51.4 Å². The smallest absolute Gasteiger partial charge is 0.474 e. The van der Waals surface area contributed by atoms with Crippen LogP contribution in [0, 0.1) is 0 Å². The molecule has 0 aromatic carbocycles. The molecule has 0 aliphatic carbocycles. The molecule has 73 heavy (non-hydrogen) atoms. The summed E-state index contributed by atoms with van der Waals surface area (Å²) in [5.41, 5.74) is 19.3. The molecule has 0 radical (unpaired) electrons. The van der Waals surface area contributed by atoms with Crippen LogP contribution in [0.15, 0.2) is 5.11 Å². The molecule has 0 aromatic heterocycles. The molecule has 3 saturated heterocycles. The van der Waals surface area contributed by atoms with Crippen molar-refractivity contribution in [2.75, 3.05) is 33.0 Å². The third-order valence-corrected chi connectivity index (χ3v) is 13.0. The summed E-state index contributed by atoms with van der Waals surface area (Å²) in [5, 5.41) is 82.2. The maximum Gasteiger partial charge on any atom is 0.474 e. The third kappa shape index (κ3) is 20.6. The second-order valence-corrected chi connectivity index (χ2v) is 19.1. The number of carboxylic acid groups (broad SMARTS) is 1. The number of ether oxygens (including phenoxy) is 7. The molecule has 3 aliphatic heterocycles. The van der Waals surface area contributed by atoms with Crippen LogP contribution in [0.2, 0.25) is 0 Å². The van der Waals surface area contributed by atoms with E-state index in [1.807, 2.05) is 0 Å². The SMILES string of the molecule is CCCCCCCCCCCCCCCCO[C@H](COP(=O)(O)O[C@H]1OC(C(N)=O)[C@H](O)[C@H](OC(N)=O)C1O[C@@H]1OC(CO)[C@@H](O[C@@H]2OC(CO)[C@H](O)C(O)[C@@H]2NC(=O)CN=[N+]=[N-])C(O)C1NC(C)=O)C(=O)O. The number of phosphoric acid groups is 1. The summed E-state index contributed by atoms with van der Waals surface area (Å²) in [5.74, 6) is -4.95. The van der Waals surface area contributed by atoms with E-state index in [0.717, 1.165) is 39.0 Å². The Hall–Kier alpha value is -3.91. The van der Waals surface area contributed by atoms with E-state index in [2.05, 4.69) is 27.6 Å². The third-order valence-electron chi connectivity index (χ3n) is 12.1. The number of carbonyl (C=O) groups excluding carboxylic acids is 4. The first-order valence-corrected chi connectivity index (χ1v) is 25.7. The summed E-state index contributed by atoms with van der Waals surface area (Å²) in [7, 11) is -5.59. The van der Waals surface area contributed by atoms with Gasteiger partial charge >= 0.3 is 19.9 Å². The summed E-state index contributed by atoms with van der Waals surface area (Å²) >= 11 is 0. The number of amides is 4. The molecule has 8 unspecified atom stereocenters. The highest BCUT2D eigenvalue weighted by Crippen LogP contribution is 2.48. The number of carboxylic acids is 1. The summed E-state index contributed by atoms with van der Waals surface area (Å²) in [6, 6.07) is -3.62. The number of phosphoric ester groups is 1. The zero-order valence-electron chi connectivity index (χ0n) is 40.8. The van der Waals surface area contributed by atoms with Crippen molar-refractivity contribution in [1.82, 2.24) is 10.6 Å². The Kier molecular flexibility index (Phi) is 28.2. The number of azide groups is 1. The van der Waals surface area contributed by atoms with Crippen LogP contribution in [-0.4, -0.2) is 201 Å². The van der Waals surface area contributed by atoms with Crippen LogP contribution in [0.1, 0.15) is 104 Å². The average Bonchev–Trinajstić information content (AvgIpc) is 3.33. The predicted molar refractivity (Wildman–Crippen MR) is 246 cm³/mol. The van der Waals surface area contributed by atoms with Gasteiger partial charge in [-0.05, 0) is 12.0 Å². The maximum absolute atomic E-state index is 13.5. The normalized spacial score (nSPS) is 31.5. The van der Waals surface area contributed by atoms with Gasteiger partial charge in [-0.15, -0.1) is 0 Å². The molecule has 0 bridgehead atoms. The van der Waals surface area contributed by atoms with Crippen molar-refractivity contribution < 1.29 is 111 Å². The topological polar surface area (TPSA) is 472 Å². The number of aliphatic carboxylic acids is 1. The van der Waals surface area contributed by atoms with E-state index in [1.54, 1.807) is 0 Å². The van der Waals surface area contributed by atoms with Crippen LogP contribution in [0.5, 0.6) is 0 Å². The molecule has 3 aliphatic rings. The number of hydrogen-bond acceptors (Lipinski definition) is 22. The fourth-order valence-corrected chi connectivity index (χ4v) is 9.14. The first kappa shape index (κ1) is 63.4. The number of nitrogens with one attached hydrogen (secondary N) is 2. The highest BCUT2D eigenvalue weighted by atomic mass is 31.2. The van der Waals surface area contributed by atoms with E-state index < -0.39 is 162 Å². The molecular weight excluding hydrogens is 1000 g/mol. The minimum absolute atomic E-state index is 0.0533. The van der Waals surface area contributed by atoms with Crippen molar-refractivity contribution in [1.29, 1.82) is 0 Å². The molecule has 4 amide bonds. The fourth-order valence-electron chi connectivity index (χ4n) is 8.32. The zero-order valence-corrected chi connectivity index (χ0v) is 41.7. The number of nitrogens with two attached hydrogens (primary N) is 2. The van der Waals surface area contributed by atoms with Crippen molar-refractivity contribution in [2.24, 2.45) is 16.6 Å². The molecule has 17 atom stereocenters. The summed E-state index contributed by atoms with van der Waals surface area (Å²) in [4.78, 5) is 75.2. The van der Waals surface area contributed by atoms with E-state index in [9.17, 15) is 69.2 Å². The lowest BCUT2D eigenvalue weighted by molar-refractivity contribution is -0.357. The van der Waals surface area contributed by atoms with E-state index >= 15 is 0 Å². The summed E-state index contributed by atoms with van der Waals surface area (Å²) < 4.78 is 62.8. The summed E-state index contributed by atoms with van der Waals surface area (Å²) in [6.07, 6.45) is -15.0. The van der Waals surface area contributed by atoms with Crippen molar-refractivity contribution in [2.45, 2.75) is 202 Å². The molecule has 14 N–H and O–H groups in total. The molecule has 3 rings (SSSR count). The number of aliphatic hydroxyl groups excluding tert-OH is 6. The molecular formula is C42H74N7O23P. The Labute approximate surface area is 420 Å². The number of carbonyl (C=O) groups is 5. The van der Waals surface area contributed by atoms with E-state index in [0.29, 0.717) is 6.42 Å². The molecule has 3 fully saturated rings. The maximum atomic E-state index is 13.5. The molecule has 0 aromatic rings. The Morgan fingerprint density at radius 3 is 1.77 bits per heavy atom. The molecule has 30 nitrogen and oxygen atoms in total. The van der Waals surface area contributed by atoms with Crippen molar-refractivity contribution in [3.63, 3.8) is 0 Å². The van der Waals surface area contributed by atoms with Gasteiger partial charge in [0.25, 0.3) is 0 Å². The van der Waals surface area contributed by atoms with E-state index in [-0.39, 0.29) is 6.61 Å². The minimum Gasteiger partial charge on any atom is -0.479 e. The first-order chi connectivity index (χ1) is 34.7. The Morgan fingerprint density at radius 1 is 0.726 bits per heavy atom. The van der Waals surface area contributed by atoms with Gasteiger partial charge in [0, 0.05) is 18.4 Å². The number of aliphatic hydroxyl groups is 6. The van der Waals surface area contributed by atoms with Crippen LogP contribution in [-0.2, 0) is 65.9 Å². The van der Waals surface area contributed by atoms with Gasteiger partial charge in [0.15, 0.2) is 43.3 Å². The molecule has 0 saturated carbocycles. The van der Waals surface area contributed by atoms with Crippen LogP contribution >= 0.6 is 7.82 Å². The van der Waals surface area contributed by atoms with Crippen molar-refractivity contribution >= 4 is 37.6 Å². The zero-order chi connectivity index (χ0) is 54.3. The van der Waals surface area contributed by atoms with Gasteiger partial charge in [-0.1, -0.05) is 95.5 Å². The van der Waals surface area contributed by atoms with Gasteiger partial charge in [-0.3, -0.25) is 23.4 Å². The van der Waals surface area contributed by atoms with E-state index in [4.69, 9.17) is 59.2 Å². The second-order valence-electron chi connectivity index (χ2n) is 17.7. The number of unbranched alkanes of at least 4 members (excludes halogenated alkanes) is 13. The van der Waals surface area contributed by atoms with Gasteiger partial charge in [0.2, 0.25) is 17.7 Å². The van der Waals surface area contributed by atoms with Gasteiger partial charge in [-0.25, -0.2) is 14.2 Å². The predicted octanol–water partition coefficient (Wildman–Crippen LogP) is -1.31. The lowest BCUT2D eigenvalue weighted by Gasteiger charge is -2.49. The van der Waals surface area contributed by atoms with Crippen LogP contribution in [0.25, 0.3) is 10.4 Å². The monoisotopic (exact) mass is 1080 g/mol. The van der Waals surface area contributed by atoms with Gasteiger partial charge in [-0.2, -0.15) is 0 Å². The second kappa shape index (κ2) is 32.5. The highest BCUT2D eigenvalue weighted by molar-refractivity contribution is 7.47. The molecule has 420 valence electrons. The molecule has 3 heterocycles. The van der Waals surface area contributed by atoms with Crippen LogP contribution in [0.3, 0.4) is 0 Å². The number of hydrogen-bond donors (Lipinski definition) is 12. The van der Waals surface area contributed by atoms with Crippen LogP contribution in [0.4, 0.5) is 4.79 Å². The average molecular weight is 1080 g/mol. The van der Waals surface area contributed by atoms with Gasteiger partial charge in [0.1, 0.15) is 61.4 Å². The van der Waals surface area contributed by atoms with Crippen LogP contribution < -0.4 is 22.1 Å². The Bertz CT molecular complexity index is 1820.